The number of aliphatic hydroxyl groups excluding tert-OH is 2. The van der Waals surface area contributed by atoms with Crippen molar-refractivity contribution in [3.8, 4) is 0 Å². The number of benzene rings is 4. The number of hydrogen-bond donors (Lipinski definition) is 2. The summed E-state index contributed by atoms with van der Waals surface area (Å²) in [5.41, 5.74) is 4.13. The van der Waals surface area contributed by atoms with Crippen LogP contribution in [0.4, 0.5) is 0 Å². The van der Waals surface area contributed by atoms with Gasteiger partial charge in [0.2, 0.25) is 0 Å². The third-order valence-corrected chi connectivity index (χ3v) is 6.61. The summed E-state index contributed by atoms with van der Waals surface area (Å²) >= 11 is 0. The molecule has 4 rings (SSSR count). The van der Waals surface area contributed by atoms with Crippen molar-refractivity contribution in [2.75, 3.05) is 7.05 Å². The zero-order valence-electron chi connectivity index (χ0n) is 19.6. The molecule has 0 saturated heterocycles. The topological polar surface area (TPSA) is 43.7 Å². The first-order valence-corrected chi connectivity index (χ1v) is 11.9. The summed E-state index contributed by atoms with van der Waals surface area (Å²) in [5.74, 6) is 0. The molecule has 3 heteroatoms. The van der Waals surface area contributed by atoms with Gasteiger partial charge in [-0.2, -0.15) is 0 Å². The highest BCUT2D eigenvalue weighted by molar-refractivity contribution is 5.26. The van der Waals surface area contributed by atoms with Crippen LogP contribution >= 0.6 is 0 Å². The first-order valence-electron chi connectivity index (χ1n) is 11.9. The van der Waals surface area contributed by atoms with Crippen LogP contribution in [0.15, 0.2) is 121 Å². The van der Waals surface area contributed by atoms with E-state index in [0.717, 1.165) is 22.3 Å². The van der Waals surface area contributed by atoms with Crippen molar-refractivity contribution in [3.63, 3.8) is 0 Å². The Labute approximate surface area is 203 Å². The third kappa shape index (κ3) is 6.00. The zero-order chi connectivity index (χ0) is 23.8. The second-order valence-electron chi connectivity index (χ2n) is 8.84. The minimum atomic E-state index is -0.593. The maximum atomic E-state index is 11.1. The highest BCUT2D eigenvalue weighted by Crippen LogP contribution is 2.39. The van der Waals surface area contributed by atoms with Gasteiger partial charge in [0.05, 0.1) is 12.2 Å². The monoisotopic (exact) mass is 451 g/mol. The lowest BCUT2D eigenvalue weighted by Gasteiger charge is -2.38. The van der Waals surface area contributed by atoms with E-state index in [4.69, 9.17) is 0 Å². The molecule has 3 nitrogen and oxygen atoms in total. The normalized spacial score (nSPS) is 14.9. The van der Waals surface area contributed by atoms with Crippen LogP contribution in [0.25, 0.3) is 0 Å². The van der Waals surface area contributed by atoms with Crippen LogP contribution < -0.4 is 0 Å². The van der Waals surface area contributed by atoms with Crippen molar-refractivity contribution < 1.29 is 10.2 Å². The average Bonchev–Trinajstić information content (AvgIpc) is 2.91. The van der Waals surface area contributed by atoms with Gasteiger partial charge in [0.15, 0.2) is 0 Å². The molecule has 0 heterocycles. The SMILES string of the molecule is CN(C(CC(O)c1ccccc1)c1ccccc1)C(CC(O)c1ccccc1)c1ccccc1. The van der Waals surface area contributed by atoms with Gasteiger partial charge in [0.25, 0.3) is 0 Å². The van der Waals surface area contributed by atoms with Crippen LogP contribution in [0.1, 0.15) is 59.4 Å². The van der Waals surface area contributed by atoms with Crippen LogP contribution in [0.3, 0.4) is 0 Å². The molecule has 4 aromatic carbocycles. The van der Waals surface area contributed by atoms with Gasteiger partial charge in [0, 0.05) is 12.1 Å². The van der Waals surface area contributed by atoms with Crippen LogP contribution in [0, 0.1) is 0 Å². The smallest absolute Gasteiger partial charge is 0.0808 e. The Morgan fingerprint density at radius 2 is 0.735 bits per heavy atom. The summed E-state index contributed by atoms with van der Waals surface area (Å²) in [7, 11) is 2.10. The van der Waals surface area contributed by atoms with Crippen LogP contribution in [0.2, 0.25) is 0 Å². The summed E-state index contributed by atoms with van der Waals surface area (Å²) in [6, 6.07) is 40.3. The van der Waals surface area contributed by atoms with Gasteiger partial charge in [-0.1, -0.05) is 121 Å². The van der Waals surface area contributed by atoms with Gasteiger partial charge in [-0.3, -0.25) is 4.90 Å². The lowest BCUT2D eigenvalue weighted by atomic mass is 9.90. The molecule has 0 bridgehead atoms. The van der Waals surface area contributed by atoms with Gasteiger partial charge in [-0.15, -0.1) is 0 Å². The van der Waals surface area contributed by atoms with Crippen LogP contribution in [-0.2, 0) is 0 Å². The Kier molecular flexibility index (Phi) is 8.26. The van der Waals surface area contributed by atoms with Gasteiger partial charge in [-0.05, 0) is 42.1 Å². The second kappa shape index (κ2) is 11.8. The Bertz CT molecular complexity index is 1010. The highest BCUT2D eigenvalue weighted by Gasteiger charge is 2.29. The largest absolute Gasteiger partial charge is 0.388 e. The number of hydrogen-bond acceptors (Lipinski definition) is 3. The van der Waals surface area contributed by atoms with E-state index in [1.807, 2.05) is 97.1 Å². The Hall–Kier alpha value is -3.24. The molecule has 0 aliphatic carbocycles. The molecule has 4 aromatic rings. The standard InChI is InChI=1S/C31H33NO2/c1-32(28(24-14-6-2-7-15-24)22-30(33)26-18-10-4-11-19-26)29(25-16-8-3-9-17-25)23-31(34)27-20-12-5-13-21-27/h2-21,28-31,33-34H,22-23H2,1H3. The molecule has 0 amide bonds. The Morgan fingerprint density at radius 1 is 0.471 bits per heavy atom. The van der Waals surface area contributed by atoms with Gasteiger partial charge < -0.3 is 10.2 Å². The minimum absolute atomic E-state index is 0.0374. The summed E-state index contributed by atoms with van der Waals surface area (Å²) in [5, 5.41) is 22.3. The van der Waals surface area contributed by atoms with Gasteiger partial charge in [0.1, 0.15) is 0 Å². The maximum absolute atomic E-state index is 11.1. The fraction of sp³-hybridized carbons (Fsp3) is 0.226. The van der Waals surface area contributed by atoms with Crippen molar-refractivity contribution in [3.05, 3.63) is 144 Å². The summed E-state index contributed by atoms with van der Waals surface area (Å²) < 4.78 is 0. The maximum Gasteiger partial charge on any atom is 0.0808 e. The molecule has 4 atom stereocenters. The summed E-state index contributed by atoms with van der Waals surface area (Å²) in [6.45, 7) is 0. The van der Waals surface area contributed by atoms with E-state index in [0.29, 0.717) is 12.8 Å². The zero-order valence-corrected chi connectivity index (χ0v) is 19.6. The molecule has 0 saturated carbocycles. The number of rotatable bonds is 10. The number of aliphatic hydroxyl groups is 2. The predicted molar refractivity (Wildman–Crippen MR) is 138 cm³/mol. The molecule has 0 aliphatic heterocycles. The molecule has 0 aromatic heterocycles. The Morgan fingerprint density at radius 3 is 1.03 bits per heavy atom. The molecular formula is C31H33NO2. The van der Waals surface area contributed by atoms with Crippen molar-refractivity contribution in [2.45, 2.75) is 37.1 Å². The lowest BCUT2D eigenvalue weighted by Crippen LogP contribution is -2.31. The van der Waals surface area contributed by atoms with E-state index in [-0.39, 0.29) is 12.1 Å². The second-order valence-corrected chi connectivity index (χ2v) is 8.84. The summed E-state index contributed by atoms with van der Waals surface area (Å²) in [4.78, 5) is 2.31. The quantitative estimate of drug-likeness (QED) is 0.284. The van der Waals surface area contributed by atoms with Crippen LogP contribution in [-0.4, -0.2) is 22.2 Å². The lowest BCUT2D eigenvalue weighted by molar-refractivity contribution is 0.0622. The fourth-order valence-electron chi connectivity index (χ4n) is 4.69. The Balaban J connectivity index is 1.66. The van der Waals surface area contributed by atoms with E-state index in [1.165, 1.54) is 0 Å². The molecule has 0 fully saturated rings. The van der Waals surface area contributed by atoms with Crippen molar-refractivity contribution in [1.29, 1.82) is 0 Å². The van der Waals surface area contributed by atoms with E-state index < -0.39 is 12.2 Å². The molecule has 4 unspecified atom stereocenters. The third-order valence-electron chi connectivity index (χ3n) is 6.61. The molecule has 2 N–H and O–H groups in total. The molecule has 174 valence electrons. The van der Waals surface area contributed by atoms with E-state index in [9.17, 15) is 10.2 Å². The van der Waals surface area contributed by atoms with Crippen LogP contribution in [0.5, 0.6) is 0 Å². The van der Waals surface area contributed by atoms with E-state index in [1.54, 1.807) is 0 Å². The van der Waals surface area contributed by atoms with E-state index in [2.05, 4.69) is 36.2 Å². The number of nitrogens with zero attached hydrogens (tertiary/aromatic N) is 1. The fourth-order valence-corrected chi connectivity index (χ4v) is 4.69. The average molecular weight is 452 g/mol. The molecular weight excluding hydrogens is 418 g/mol. The molecule has 0 aliphatic rings. The van der Waals surface area contributed by atoms with Gasteiger partial charge >= 0.3 is 0 Å². The summed E-state index contributed by atoms with van der Waals surface area (Å²) in [6.07, 6.45) is -0.0847. The van der Waals surface area contributed by atoms with E-state index >= 15 is 0 Å². The molecule has 34 heavy (non-hydrogen) atoms. The van der Waals surface area contributed by atoms with Gasteiger partial charge in [-0.25, -0.2) is 0 Å². The predicted octanol–water partition coefficient (Wildman–Crippen LogP) is 6.65. The first kappa shape index (κ1) is 23.9. The van der Waals surface area contributed by atoms with Crippen molar-refractivity contribution >= 4 is 0 Å². The molecule has 0 spiro atoms. The molecule has 0 radical (unpaired) electrons. The van der Waals surface area contributed by atoms with Crippen molar-refractivity contribution in [2.24, 2.45) is 0 Å². The minimum Gasteiger partial charge on any atom is -0.388 e. The highest BCUT2D eigenvalue weighted by atomic mass is 16.3. The van der Waals surface area contributed by atoms with Crippen molar-refractivity contribution in [1.82, 2.24) is 4.90 Å². The first-order chi connectivity index (χ1) is 16.6.